The maximum Gasteiger partial charge on any atom is 0.254 e. The second-order valence-corrected chi connectivity index (χ2v) is 6.79. The van der Waals surface area contributed by atoms with Gasteiger partial charge in [0.25, 0.3) is 5.91 Å². The van der Waals surface area contributed by atoms with E-state index in [-0.39, 0.29) is 12.0 Å². The number of ether oxygens (including phenoxy) is 1. The Kier molecular flexibility index (Phi) is 4.66. The van der Waals surface area contributed by atoms with E-state index in [2.05, 4.69) is 19.9 Å². The van der Waals surface area contributed by atoms with E-state index in [1.165, 1.54) is 0 Å². The fraction of sp³-hybridized carbons (Fsp3) is 0.350. The Labute approximate surface area is 157 Å². The summed E-state index contributed by atoms with van der Waals surface area (Å²) in [6.45, 7) is 5.03. The number of aryl methyl sites for hydroxylation is 2. The van der Waals surface area contributed by atoms with Crippen LogP contribution in [0, 0.1) is 13.8 Å². The summed E-state index contributed by atoms with van der Waals surface area (Å²) in [5.74, 6) is 1.25. The molecule has 1 unspecified atom stereocenters. The lowest BCUT2D eigenvalue weighted by molar-refractivity contribution is 0.0527. The van der Waals surface area contributed by atoms with Crippen LogP contribution in [0.1, 0.15) is 34.7 Å². The molecule has 7 heteroatoms. The largest absolute Gasteiger partial charge is 0.472 e. The molecule has 138 valence electrons. The van der Waals surface area contributed by atoms with Crippen molar-refractivity contribution in [3.05, 3.63) is 53.7 Å². The van der Waals surface area contributed by atoms with Crippen molar-refractivity contribution in [1.82, 2.24) is 24.8 Å². The molecule has 1 saturated heterocycles. The molecule has 1 atom stereocenters. The number of rotatable bonds is 3. The Morgan fingerprint density at radius 1 is 1.11 bits per heavy atom. The van der Waals surface area contributed by atoms with E-state index < -0.39 is 0 Å². The molecule has 1 fully saturated rings. The number of likely N-dealkylation sites (tertiary alicyclic amines) is 1. The molecule has 0 N–H and O–H groups in total. The first-order chi connectivity index (χ1) is 13.1. The van der Waals surface area contributed by atoms with Crippen molar-refractivity contribution in [3.63, 3.8) is 0 Å². The first-order valence-corrected chi connectivity index (χ1v) is 9.07. The van der Waals surface area contributed by atoms with Gasteiger partial charge < -0.3 is 9.64 Å². The minimum absolute atomic E-state index is 0.00842. The van der Waals surface area contributed by atoms with Crippen LogP contribution in [0.4, 0.5) is 0 Å². The summed E-state index contributed by atoms with van der Waals surface area (Å²) in [5.41, 5.74) is 3.00. The summed E-state index contributed by atoms with van der Waals surface area (Å²) in [6, 6.07) is 7.27. The minimum atomic E-state index is -0.0725. The summed E-state index contributed by atoms with van der Waals surface area (Å²) in [4.78, 5) is 31.9. The van der Waals surface area contributed by atoms with Crippen molar-refractivity contribution < 1.29 is 9.53 Å². The predicted octanol–water partition coefficient (Wildman–Crippen LogP) is 2.72. The zero-order valence-corrected chi connectivity index (χ0v) is 15.4. The van der Waals surface area contributed by atoms with Crippen molar-refractivity contribution in [3.8, 4) is 5.88 Å². The van der Waals surface area contributed by atoms with Gasteiger partial charge in [-0.05, 0) is 44.9 Å². The zero-order chi connectivity index (χ0) is 18.8. The first kappa shape index (κ1) is 17.3. The fourth-order valence-corrected chi connectivity index (χ4v) is 3.41. The van der Waals surface area contributed by atoms with Gasteiger partial charge in [0.05, 0.1) is 17.6 Å². The second-order valence-electron chi connectivity index (χ2n) is 6.79. The molecule has 3 aromatic rings. The highest BCUT2D eigenvalue weighted by Crippen LogP contribution is 2.20. The maximum absolute atomic E-state index is 12.9. The third kappa shape index (κ3) is 3.86. The van der Waals surface area contributed by atoms with Crippen molar-refractivity contribution in [2.45, 2.75) is 32.8 Å². The van der Waals surface area contributed by atoms with Crippen LogP contribution in [0.3, 0.4) is 0 Å². The lowest BCUT2D eigenvalue weighted by Crippen LogP contribution is -2.44. The van der Waals surface area contributed by atoms with Crippen molar-refractivity contribution in [2.24, 2.45) is 0 Å². The smallest absolute Gasteiger partial charge is 0.254 e. The van der Waals surface area contributed by atoms with Crippen LogP contribution in [0.2, 0.25) is 0 Å². The standard InChI is InChI=1S/C20H21N5O2/c1-13-10-19(24-14(2)23-13)27-16-4-3-9-25(12-16)20(26)15-5-6-17-18(11-15)22-8-7-21-17/h5-8,10-11,16H,3-4,9,12H2,1-2H3. The van der Waals surface area contributed by atoms with Gasteiger partial charge in [0, 0.05) is 36.3 Å². The van der Waals surface area contributed by atoms with E-state index in [1.54, 1.807) is 24.5 Å². The van der Waals surface area contributed by atoms with E-state index in [9.17, 15) is 4.79 Å². The third-order valence-corrected chi connectivity index (χ3v) is 4.61. The predicted molar refractivity (Wildman–Crippen MR) is 101 cm³/mol. The first-order valence-electron chi connectivity index (χ1n) is 9.07. The molecule has 4 rings (SSSR count). The molecular formula is C20H21N5O2. The Morgan fingerprint density at radius 3 is 2.74 bits per heavy atom. The summed E-state index contributed by atoms with van der Waals surface area (Å²) in [7, 11) is 0. The maximum atomic E-state index is 12.9. The number of carbonyl (C=O) groups excluding carboxylic acids is 1. The van der Waals surface area contributed by atoms with Gasteiger partial charge in [0.1, 0.15) is 11.9 Å². The van der Waals surface area contributed by atoms with Crippen LogP contribution in [-0.4, -0.2) is 49.9 Å². The number of hydrogen-bond acceptors (Lipinski definition) is 6. The van der Waals surface area contributed by atoms with Gasteiger partial charge in [-0.1, -0.05) is 0 Å². The summed E-state index contributed by atoms with van der Waals surface area (Å²) in [6.07, 6.45) is 5.00. The van der Waals surface area contributed by atoms with E-state index in [0.29, 0.717) is 23.8 Å². The van der Waals surface area contributed by atoms with Crippen molar-refractivity contribution in [2.75, 3.05) is 13.1 Å². The number of amides is 1. The summed E-state index contributed by atoms with van der Waals surface area (Å²) in [5, 5.41) is 0. The average molecular weight is 363 g/mol. The Morgan fingerprint density at radius 2 is 1.93 bits per heavy atom. The van der Waals surface area contributed by atoms with Crippen LogP contribution < -0.4 is 4.74 Å². The Balaban J connectivity index is 1.48. The Bertz CT molecular complexity index is 971. The molecule has 1 aromatic carbocycles. The third-order valence-electron chi connectivity index (χ3n) is 4.61. The van der Waals surface area contributed by atoms with Crippen molar-refractivity contribution >= 4 is 16.9 Å². The van der Waals surface area contributed by atoms with E-state index in [1.807, 2.05) is 30.9 Å². The van der Waals surface area contributed by atoms with Crippen LogP contribution in [0.15, 0.2) is 36.7 Å². The fourth-order valence-electron chi connectivity index (χ4n) is 3.41. The van der Waals surface area contributed by atoms with Crippen LogP contribution in [-0.2, 0) is 0 Å². The summed E-state index contributed by atoms with van der Waals surface area (Å²) >= 11 is 0. The molecule has 0 radical (unpaired) electrons. The zero-order valence-electron chi connectivity index (χ0n) is 15.4. The highest BCUT2D eigenvalue weighted by molar-refractivity contribution is 5.97. The van der Waals surface area contributed by atoms with Gasteiger partial charge in [-0.3, -0.25) is 14.8 Å². The van der Waals surface area contributed by atoms with Gasteiger partial charge in [-0.25, -0.2) is 4.98 Å². The average Bonchev–Trinajstić information content (AvgIpc) is 2.66. The quantitative estimate of drug-likeness (QED) is 0.712. The molecule has 2 aromatic heterocycles. The van der Waals surface area contributed by atoms with Crippen LogP contribution >= 0.6 is 0 Å². The van der Waals surface area contributed by atoms with Gasteiger partial charge >= 0.3 is 0 Å². The SMILES string of the molecule is Cc1cc(OC2CCCN(C(=O)c3ccc4nccnc4c3)C2)nc(C)n1. The number of hydrogen-bond donors (Lipinski definition) is 0. The monoisotopic (exact) mass is 363 g/mol. The van der Waals surface area contributed by atoms with E-state index in [0.717, 1.165) is 36.1 Å². The highest BCUT2D eigenvalue weighted by atomic mass is 16.5. The molecule has 7 nitrogen and oxygen atoms in total. The number of aromatic nitrogens is 4. The molecule has 0 bridgehead atoms. The van der Waals surface area contributed by atoms with Gasteiger partial charge in [-0.2, -0.15) is 4.98 Å². The molecule has 0 aliphatic carbocycles. The molecule has 27 heavy (non-hydrogen) atoms. The van der Waals surface area contributed by atoms with Gasteiger partial charge in [0.2, 0.25) is 5.88 Å². The lowest BCUT2D eigenvalue weighted by atomic mass is 10.1. The molecule has 0 spiro atoms. The minimum Gasteiger partial charge on any atom is -0.472 e. The topological polar surface area (TPSA) is 81.1 Å². The van der Waals surface area contributed by atoms with Crippen LogP contribution in [0.5, 0.6) is 5.88 Å². The molecular weight excluding hydrogens is 342 g/mol. The van der Waals surface area contributed by atoms with Crippen LogP contribution in [0.25, 0.3) is 11.0 Å². The van der Waals surface area contributed by atoms with E-state index in [4.69, 9.17) is 4.74 Å². The molecule has 0 saturated carbocycles. The number of fused-ring (bicyclic) bond motifs is 1. The second kappa shape index (κ2) is 7.26. The normalized spacial score (nSPS) is 17.1. The molecule has 1 aliphatic rings. The number of benzene rings is 1. The highest BCUT2D eigenvalue weighted by Gasteiger charge is 2.26. The van der Waals surface area contributed by atoms with Crippen molar-refractivity contribution in [1.29, 1.82) is 0 Å². The number of piperidine rings is 1. The van der Waals surface area contributed by atoms with E-state index >= 15 is 0 Å². The van der Waals surface area contributed by atoms with Gasteiger partial charge in [0.15, 0.2) is 0 Å². The molecule has 1 aliphatic heterocycles. The number of nitrogens with zero attached hydrogens (tertiary/aromatic N) is 5. The number of carbonyl (C=O) groups is 1. The summed E-state index contributed by atoms with van der Waals surface area (Å²) < 4.78 is 6.04. The van der Waals surface area contributed by atoms with Gasteiger partial charge in [-0.15, -0.1) is 0 Å². The molecule has 3 heterocycles. The molecule has 1 amide bonds. The lowest BCUT2D eigenvalue weighted by Gasteiger charge is -2.32. The Hall–Kier alpha value is -3.09.